The Kier molecular flexibility index (Phi) is 9.74. The second-order valence-corrected chi connectivity index (χ2v) is 9.77. The van der Waals surface area contributed by atoms with Gasteiger partial charge in [0.05, 0.1) is 5.92 Å². The predicted molar refractivity (Wildman–Crippen MR) is 153 cm³/mol. The van der Waals surface area contributed by atoms with Crippen LogP contribution in [-0.2, 0) is 4.79 Å². The van der Waals surface area contributed by atoms with Crippen LogP contribution < -0.4 is 9.47 Å². The molecular weight excluding hydrogens is 474 g/mol. The first-order chi connectivity index (χ1) is 18.5. The molecule has 1 fully saturated rings. The Morgan fingerprint density at radius 2 is 1.42 bits per heavy atom. The number of carbonyl (C=O) groups excluding carboxylic acids is 1. The summed E-state index contributed by atoms with van der Waals surface area (Å²) in [6, 6.07) is 26.3. The van der Waals surface area contributed by atoms with Crippen molar-refractivity contribution >= 4 is 17.1 Å². The van der Waals surface area contributed by atoms with Crippen molar-refractivity contribution in [2.75, 3.05) is 26.2 Å². The van der Waals surface area contributed by atoms with Crippen molar-refractivity contribution in [2.45, 2.75) is 46.1 Å². The van der Waals surface area contributed by atoms with Gasteiger partial charge in [-0.3, -0.25) is 4.79 Å². The molecule has 0 aromatic heterocycles. The van der Waals surface area contributed by atoms with E-state index in [-0.39, 0.29) is 18.5 Å². The minimum absolute atomic E-state index is 0.0639. The highest BCUT2D eigenvalue weighted by molar-refractivity contribution is 5.98. The highest BCUT2D eigenvalue weighted by Crippen LogP contribution is 2.36. The Bertz CT molecular complexity index is 1190. The van der Waals surface area contributed by atoms with Crippen LogP contribution in [0.15, 0.2) is 78.9 Å². The van der Waals surface area contributed by atoms with Gasteiger partial charge in [-0.25, -0.2) is 0 Å². The van der Waals surface area contributed by atoms with Crippen LogP contribution in [0.1, 0.15) is 56.7 Å². The van der Waals surface area contributed by atoms with Gasteiger partial charge in [0.15, 0.2) is 0 Å². The summed E-state index contributed by atoms with van der Waals surface area (Å²) in [6.07, 6.45) is 2.17. The maximum Gasteiger partial charge on any atom is 0.314 e. The van der Waals surface area contributed by atoms with Crippen LogP contribution in [0.2, 0.25) is 0 Å². The normalized spacial score (nSPS) is 14.7. The molecule has 38 heavy (non-hydrogen) atoms. The van der Waals surface area contributed by atoms with Crippen molar-refractivity contribution in [3.63, 3.8) is 0 Å². The molecule has 0 bridgehead atoms. The van der Waals surface area contributed by atoms with Gasteiger partial charge >= 0.3 is 5.97 Å². The lowest BCUT2D eigenvalue weighted by atomic mass is 9.88. The third-order valence-corrected chi connectivity index (χ3v) is 7.00. The molecule has 1 aliphatic carbocycles. The second kappa shape index (κ2) is 13.4. The van der Waals surface area contributed by atoms with Crippen molar-refractivity contribution in [1.29, 1.82) is 0 Å². The molecule has 0 spiro atoms. The van der Waals surface area contributed by atoms with Crippen molar-refractivity contribution < 1.29 is 19.4 Å². The van der Waals surface area contributed by atoms with Gasteiger partial charge in [-0.15, -0.1) is 0 Å². The molecule has 0 radical (unpaired) electrons. The van der Waals surface area contributed by atoms with E-state index in [9.17, 15) is 9.90 Å². The second-order valence-electron chi connectivity index (χ2n) is 9.77. The minimum Gasteiger partial charge on any atom is -0.491 e. The van der Waals surface area contributed by atoms with Crippen LogP contribution in [0.5, 0.6) is 11.5 Å². The van der Waals surface area contributed by atoms with Crippen molar-refractivity contribution in [2.24, 2.45) is 5.92 Å². The number of allylic oxidation sites excluding steroid dienone is 1. The number of aliphatic hydroxyl groups excluding tert-OH is 1. The molecule has 0 amide bonds. The number of likely N-dealkylation sites (N-methyl/N-ethyl adjacent to an activating group) is 1. The van der Waals surface area contributed by atoms with E-state index in [1.165, 1.54) is 11.1 Å². The number of esters is 1. The summed E-state index contributed by atoms with van der Waals surface area (Å²) in [5.41, 5.74) is 5.67. The SMILES string of the molecule is CCC(=C(c1ccc(OCC(O)CN(CC)CC)cc1)c1ccc(OC(=O)C2CC2)cc1)c1ccccc1. The van der Waals surface area contributed by atoms with Gasteiger partial charge in [0.25, 0.3) is 0 Å². The Morgan fingerprint density at radius 3 is 1.95 bits per heavy atom. The Labute approximate surface area is 226 Å². The summed E-state index contributed by atoms with van der Waals surface area (Å²) in [5.74, 6) is 1.24. The predicted octanol–water partition coefficient (Wildman–Crippen LogP) is 6.45. The lowest BCUT2D eigenvalue weighted by Crippen LogP contribution is -2.35. The van der Waals surface area contributed by atoms with E-state index in [1.807, 2.05) is 42.5 Å². The third-order valence-electron chi connectivity index (χ3n) is 7.00. The molecule has 5 heteroatoms. The number of hydrogen-bond acceptors (Lipinski definition) is 5. The average Bonchev–Trinajstić information content (AvgIpc) is 3.81. The number of nitrogens with zero attached hydrogens (tertiary/aromatic N) is 1. The van der Waals surface area contributed by atoms with Gasteiger partial charge in [-0.2, -0.15) is 0 Å². The number of hydrogen-bond donors (Lipinski definition) is 1. The molecule has 1 aliphatic rings. The number of aliphatic hydroxyl groups is 1. The van der Waals surface area contributed by atoms with Gasteiger partial charge in [0.2, 0.25) is 0 Å². The fourth-order valence-corrected chi connectivity index (χ4v) is 4.63. The van der Waals surface area contributed by atoms with Gasteiger partial charge in [-0.1, -0.05) is 75.4 Å². The monoisotopic (exact) mass is 513 g/mol. The maximum atomic E-state index is 12.1. The van der Waals surface area contributed by atoms with Gasteiger partial charge in [0, 0.05) is 6.54 Å². The molecule has 3 aromatic rings. The molecule has 0 aliphatic heterocycles. The molecule has 1 atom stereocenters. The Morgan fingerprint density at radius 1 is 0.842 bits per heavy atom. The van der Waals surface area contributed by atoms with E-state index in [1.54, 1.807) is 0 Å². The summed E-state index contributed by atoms with van der Waals surface area (Å²) >= 11 is 0. The van der Waals surface area contributed by atoms with Crippen LogP contribution in [-0.4, -0.2) is 48.3 Å². The van der Waals surface area contributed by atoms with Crippen LogP contribution >= 0.6 is 0 Å². The summed E-state index contributed by atoms with van der Waals surface area (Å²) in [4.78, 5) is 14.3. The van der Waals surface area contributed by atoms with Crippen molar-refractivity contribution in [3.8, 4) is 11.5 Å². The molecule has 0 heterocycles. The molecule has 200 valence electrons. The number of ether oxygens (including phenoxy) is 2. The first-order valence-corrected chi connectivity index (χ1v) is 13.8. The zero-order chi connectivity index (χ0) is 26.9. The topological polar surface area (TPSA) is 59.0 Å². The molecule has 4 rings (SSSR count). The van der Waals surface area contributed by atoms with Crippen molar-refractivity contribution in [1.82, 2.24) is 4.90 Å². The molecule has 1 unspecified atom stereocenters. The maximum absolute atomic E-state index is 12.1. The highest BCUT2D eigenvalue weighted by Gasteiger charge is 2.31. The first kappa shape index (κ1) is 27.6. The summed E-state index contributed by atoms with van der Waals surface area (Å²) in [5, 5.41) is 10.4. The van der Waals surface area contributed by atoms with Gasteiger partial charge in [0.1, 0.15) is 24.2 Å². The van der Waals surface area contributed by atoms with E-state index >= 15 is 0 Å². The van der Waals surface area contributed by atoms with Gasteiger partial charge in [-0.05, 0) is 84.5 Å². The Balaban J connectivity index is 1.58. The van der Waals surface area contributed by atoms with Crippen molar-refractivity contribution in [3.05, 3.63) is 95.6 Å². The Hall–Kier alpha value is -3.41. The molecule has 0 saturated heterocycles. The highest BCUT2D eigenvalue weighted by atomic mass is 16.5. The number of rotatable bonds is 13. The molecule has 3 aromatic carbocycles. The fourth-order valence-electron chi connectivity index (χ4n) is 4.63. The lowest BCUT2D eigenvalue weighted by Gasteiger charge is -2.22. The molecular formula is C33H39NO4. The quantitative estimate of drug-likeness (QED) is 0.162. The minimum atomic E-state index is -0.540. The molecule has 1 N–H and O–H groups in total. The van der Waals surface area contributed by atoms with E-state index in [4.69, 9.17) is 9.47 Å². The van der Waals surface area contributed by atoms with Crippen LogP contribution in [0, 0.1) is 5.92 Å². The fraction of sp³-hybridized carbons (Fsp3) is 0.364. The zero-order valence-corrected chi connectivity index (χ0v) is 22.7. The summed E-state index contributed by atoms with van der Waals surface area (Å²) in [7, 11) is 0. The number of carbonyl (C=O) groups is 1. The lowest BCUT2D eigenvalue weighted by molar-refractivity contribution is -0.135. The van der Waals surface area contributed by atoms with E-state index in [0.29, 0.717) is 12.3 Å². The van der Waals surface area contributed by atoms with Crippen LogP contribution in [0.3, 0.4) is 0 Å². The van der Waals surface area contributed by atoms with E-state index in [2.05, 4.69) is 62.1 Å². The third kappa shape index (κ3) is 7.33. The standard InChI is InChI=1S/C33H39NO4/c1-4-31(24-10-8-7-9-11-24)32(26-16-20-30(21-17-26)38-33(36)27-12-13-27)25-14-18-29(19-15-25)37-23-28(35)22-34(5-2)6-3/h7-11,14-21,27-28,35H,4-6,12-13,22-23H2,1-3H3. The van der Waals surface area contributed by atoms with Crippen LogP contribution in [0.25, 0.3) is 11.1 Å². The zero-order valence-electron chi connectivity index (χ0n) is 22.7. The first-order valence-electron chi connectivity index (χ1n) is 13.8. The van der Waals surface area contributed by atoms with E-state index < -0.39 is 6.10 Å². The van der Waals surface area contributed by atoms with E-state index in [0.717, 1.165) is 54.8 Å². The average molecular weight is 514 g/mol. The smallest absolute Gasteiger partial charge is 0.314 e. The number of benzene rings is 3. The summed E-state index contributed by atoms with van der Waals surface area (Å²) in [6.45, 7) is 9.02. The van der Waals surface area contributed by atoms with Gasteiger partial charge < -0.3 is 19.5 Å². The molecule has 5 nitrogen and oxygen atoms in total. The summed E-state index contributed by atoms with van der Waals surface area (Å²) < 4.78 is 11.5. The largest absolute Gasteiger partial charge is 0.491 e. The van der Waals surface area contributed by atoms with Crippen LogP contribution in [0.4, 0.5) is 0 Å². The molecule has 1 saturated carbocycles.